The summed E-state index contributed by atoms with van der Waals surface area (Å²) < 4.78 is 14.1. The van der Waals surface area contributed by atoms with Gasteiger partial charge in [0.25, 0.3) is 0 Å². The Morgan fingerprint density at radius 3 is 2.32 bits per heavy atom. The molecule has 0 aliphatic heterocycles. The number of hydrogen-bond donors (Lipinski definition) is 2. The SMILES string of the molecule is CN(C)CCCC(O)(c1ccc(F)cc1)c1ccc(Br)cc1CO.Cl. The molecule has 1 atom stereocenters. The monoisotopic (exact) mass is 431 g/mol. The van der Waals surface area contributed by atoms with Crippen LogP contribution >= 0.6 is 28.3 Å². The van der Waals surface area contributed by atoms with Crippen molar-refractivity contribution in [1.29, 1.82) is 0 Å². The van der Waals surface area contributed by atoms with Gasteiger partial charge in [-0.3, -0.25) is 0 Å². The Balaban J connectivity index is 0.00000312. The van der Waals surface area contributed by atoms with Crippen LogP contribution in [0.5, 0.6) is 0 Å². The summed E-state index contributed by atoms with van der Waals surface area (Å²) in [4.78, 5) is 2.06. The van der Waals surface area contributed by atoms with Crippen LogP contribution in [0, 0.1) is 5.82 Å². The molecule has 2 N–H and O–H groups in total. The number of aliphatic hydroxyl groups excluding tert-OH is 1. The van der Waals surface area contributed by atoms with E-state index in [2.05, 4.69) is 20.8 Å². The van der Waals surface area contributed by atoms with Gasteiger partial charge < -0.3 is 15.1 Å². The van der Waals surface area contributed by atoms with Crippen molar-refractivity contribution in [3.8, 4) is 0 Å². The van der Waals surface area contributed by atoms with Crippen molar-refractivity contribution in [3.05, 3.63) is 69.4 Å². The zero-order chi connectivity index (χ0) is 17.7. The van der Waals surface area contributed by atoms with E-state index < -0.39 is 5.60 Å². The van der Waals surface area contributed by atoms with Crippen LogP contribution in [0.3, 0.4) is 0 Å². The predicted molar refractivity (Wildman–Crippen MR) is 104 cm³/mol. The highest BCUT2D eigenvalue weighted by atomic mass is 79.9. The van der Waals surface area contributed by atoms with E-state index in [1.54, 1.807) is 18.2 Å². The largest absolute Gasteiger partial charge is 0.392 e. The van der Waals surface area contributed by atoms with Crippen LogP contribution in [-0.4, -0.2) is 35.8 Å². The van der Waals surface area contributed by atoms with Crippen molar-refractivity contribution in [1.82, 2.24) is 4.90 Å². The third-order valence-electron chi connectivity index (χ3n) is 4.15. The normalized spacial score (nSPS) is 13.4. The number of halogens is 3. The Kier molecular flexibility index (Phi) is 8.51. The Bertz CT molecular complexity index is 682. The van der Waals surface area contributed by atoms with Crippen LogP contribution in [0.15, 0.2) is 46.9 Å². The fourth-order valence-corrected chi connectivity index (χ4v) is 3.32. The molecule has 0 spiro atoms. The van der Waals surface area contributed by atoms with Crippen molar-refractivity contribution in [3.63, 3.8) is 0 Å². The van der Waals surface area contributed by atoms with Crippen LogP contribution in [-0.2, 0) is 12.2 Å². The second-order valence-electron chi connectivity index (χ2n) is 6.23. The smallest absolute Gasteiger partial charge is 0.123 e. The molecule has 2 aromatic carbocycles. The average Bonchev–Trinajstić information content (AvgIpc) is 2.54. The maximum absolute atomic E-state index is 13.3. The second-order valence-corrected chi connectivity index (χ2v) is 7.15. The van der Waals surface area contributed by atoms with E-state index in [-0.39, 0.29) is 24.8 Å². The van der Waals surface area contributed by atoms with Gasteiger partial charge in [-0.1, -0.05) is 34.1 Å². The highest BCUT2D eigenvalue weighted by Crippen LogP contribution is 2.37. The fraction of sp³-hybridized carbons (Fsp3) is 0.368. The molecule has 0 aliphatic rings. The molecular formula is C19H24BrClFNO2. The van der Waals surface area contributed by atoms with Crippen LogP contribution in [0.25, 0.3) is 0 Å². The van der Waals surface area contributed by atoms with Gasteiger partial charge in [0.05, 0.1) is 6.61 Å². The first-order chi connectivity index (χ1) is 11.4. The summed E-state index contributed by atoms with van der Waals surface area (Å²) in [5.74, 6) is -0.340. The molecule has 0 radical (unpaired) electrons. The summed E-state index contributed by atoms with van der Waals surface area (Å²) in [5.41, 5.74) is 0.655. The first-order valence-corrected chi connectivity index (χ1v) is 8.69. The van der Waals surface area contributed by atoms with E-state index in [0.29, 0.717) is 23.1 Å². The molecule has 6 heteroatoms. The first-order valence-electron chi connectivity index (χ1n) is 7.89. The molecule has 0 fully saturated rings. The molecule has 138 valence electrons. The maximum atomic E-state index is 13.3. The van der Waals surface area contributed by atoms with Gasteiger partial charge >= 0.3 is 0 Å². The number of benzene rings is 2. The zero-order valence-corrected chi connectivity index (χ0v) is 16.8. The molecule has 2 aromatic rings. The molecule has 0 heterocycles. The van der Waals surface area contributed by atoms with Crippen LogP contribution in [0.2, 0.25) is 0 Å². The minimum Gasteiger partial charge on any atom is -0.392 e. The summed E-state index contributed by atoms with van der Waals surface area (Å²) in [7, 11) is 3.96. The lowest BCUT2D eigenvalue weighted by Crippen LogP contribution is -2.30. The van der Waals surface area contributed by atoms with Crippen molar-refractivity contribution in [2.24, 2.45) is 0 Å². The quantitative estimate of drug-likeness (QED) is 0.693. The first kappa shape index (κ1) is 22.1. The lowest BCUT2D eigenvalue weighted by molar-refractivity contribution is 0.0640. The molecule has 0 aliphatic carbocycles. The van der Waals surface area contributed by atoms with E-state index >= 15 is 0 Å². The molecule has 0 bridgehead atoms. The molecule has 0 saturated carbocycles. The van der Waals surface area contributed by atoms with E-state index in [1.165, 1.54) is 12.1 Å². The fourth-order valence-electron chi connectivity index (χ4n) is 2.91. The van der Waals surface area contributed by atoms with Crippen LogP contribution < -0.4 is 0 Å². The van der Waals surface area contributed by atoms with Gasteiger partial charge in [-0.25, -0.2) is 4.39 Å². The molecule has 0 saturated heterocycles. The second kappa shape index (κ2) is 9.64. The van der Waals surface area contributed by atoms with Gasteiger partial charge in [0.2, 0.25) is 0 Å². The molecule has 0 aromatic heterocycles. The lowest BCUT2D eigenvalue weighted by atomic mass is 9.80. The van der Waals surface area contributed by atoms with Gasteiger partial charge in [0, 0.05) is 4.47 Å². The summed E-state index contributed by atoms with van der Waals surface area (Å²) in [6, 6.07) is 11.4. The molecule has 0 amide bonds. The number of rotatable bonds is 7. The standard InChI is InChI=1S/C19H23BrFNO2.ClH/c1-22(2)11-3-10-19(24,15-4-7-17(21)8-5-15)18-9-6-16(20)12-14(18)13-23;/h4-9,12,23-24H,3,10-11,13H2,1-2H3;1H. The topological polar surface area (TPSA) is 43.7 Å². The van der Waals surface area contributed by atoms with Crippen LogP contribution in [0.1, 0.15) is 29.5 Å². The third kappa shape index (κ3) is 5.50. The molecule has 25 heavy (non-hydrogen) atoms. The predicted octanol–water partition coefficient (Wildman–Crippen LogP) is 4.08. The molecule has 2 rings (SSSR count). The highest BCUT2D eigenvalue weighted by molar-refractivity contribution is 9.10. The van der Waals surface area contributed by atoms with Gasteiger partial charge in [-0.15, -0.1) is 12.4 Å². The van der Waals surface area contributed by atoms with Gasteiger partial charge in [-0.05, 0) is 74.4 Å². The average molecular weight is 433 g/mol. The van der Waals surface area contributed by atoms with E-state index in [1.807, 2.05) is 26.2 Å². The molecule has 1 unspecified atom stereocenters. The van der Waals surface area contributed by atoms with Crippen molar-refractivity contribution in [2.75, 3.05) is 20.6 Å². The number of aliphatic hydroxyl groups is 2. The summed E-state index contributed by atoms with van der Waals surface area (Å²) >= 11 is 3.39. The lowest BCUT2D eigenvalue weighted by Gasteiger charge is -2.32. The van der Waals surface area contributed by atoms with Crippen molar-refractivity contribution >= 4 is 28.3 Å². The Morgan fingerprint density at radius 2 is 1.76 bits per heavy atom. The number of hydrogen-bond acceptors (Lipinski definition) is 3. The van der Waals surface area contributed by atoms with E-state index in [0.717, 1.165) is 17.4 Å². The van der Waals surface area contributed by atoms with E-state index in [9.17, 15) is 14.6 Å². The van der Waals surface area contributed by atoms with Crippen molar-refractivity contribution < 1.29 is 14.6 Å². The Morgan fingerprint density at radius 1 is 1.12 bits per heavy atom. The summed E-state index contributed by atoms with van der Waals surface area (Å²) in [6.45, 7) is 0.653. The van der Waals surface area contributed by atoms with Crippen molar-refractivity contribution in [2.45, 2.75) is 25.0 Å². The minimum atomic E-state index is -1.28. The maximum Gasteiger partial charge on any atom is 0.123 e. The van der Waals surface area contributed by atoms with E-state index in [4.69, 9.17) is 0 Å². The minimum absolute atomic E-state index is 0. The van der Waals surface area contributed by atoms with Crippen LogP contribution in [0.4, 0.5) is 4.39 Å². The van der Waals surface area contributed by atoms with Gasteiger partial charge in [-0.2, -0.15) is 0 Å². The molecule has 3 nitrogen and oxygen atoms in total. The molecular weight excluding hydrogens is 409 g/mol. The summed E-state index contributed by atoms with van der Waals surface area (Å²) in [5, 5.41) is 21.2. The third-order valence-corrected chi connectivity index (χ3v) is 4.64. The highest BCUT2D eigenvalue weighted by Gasteiger charge is 2.33. The Hall–Kier alpha value is -0.980. The zero-order valence-electron chi connectivity index (χ0n) is 14.4. The Labute approximate surface area is 163 Å². The van der Waals surface area contributed by atoms with Gasteiger partial charge in [0.15, 0.2) is 0 Å². The summed E-state index contributed by atoms with van der Waals surface area (Å²) in [6.07, 6.45) is 1.24. The number of nitrogens with zero attached hydrogens (tertiary/aromatic N) is 1. The van der Waals surface area contributed by atoms with Gasteiger partial charge in [0.1, 0.15) is 11.4 Å².